The molecule has 4 rings (SSSR count). The molecule has 0 fully saturated rings. The fourth-order valence-electron chi connectivity index (χ4n) is 3.29. The minimum absolute atomic E-state index is 0.282. The third-order valence-electron chi connectivity index (χ3n) is 4.83. The summed E-state index contributed by atoms with van der Waals surface area (Å²) in [5.74, 6) is -0.636. The first-order valence-corrected chi connectivity index (χ1v) is 9.35. The number of carbonyl (C=O) groups excluding carboxylic acids is 1. The lowest BCUT2D eigenvalue weighted by Crippen LogP contribution is -2.28. The van der Waals surface area contributed by atoms with Gasteiger partial charge < -0.3 is 5.32 Å². The van der Waals surface area contributed by atoms with Crippen LogP contribution in [0.3, 0.4) is 0 Å². The van der Waals surface area contributed by atoms with E-state index in [1.54, 1.807) is 47.5 Å². The number of carbonyl (C=O) groups is 1. The molecule has 7 nitrogen and oxygen atoms in total. The van der Waals surface area contributed by atoms with Gasteiger partial charge in [0.25, 0.3) is 5.91 Å². The highest BCUT2D eigenvalue weighted by atomic mass is 19.1. The van der Waals surface area contributed by atoms with Crippen LogP contribution in [-0.2, 0) is 0 Å². The van der Waals surface area contributed by atoms with Gasteiger partial charge in [-0.05, 0) is 48.4 Å². The Morgan fingerprint density at radius 3 is 2.77 bits per heavy atom. The molecule has 0 radical (unpaired) electrons. The first-order valence-electron chi connectivity index (χ1n) is 9.35. The second-order valence-corrected chi connectivity index (χ2v) is 6.67. The van der Waals surface area contributed by atoms with Crippen LogP contribution in [0.4, 0.5) is 4.39 Å². The number of hydrogen-bond acceptors (Lipinski definition) is 5. The van der Waals surface area contributed by atoms with E-state index in [9.17, 15) is 9.18 Å². The Balaban J connectivity index is 1.66. The summed E-state index contributed by atoms with van der Waals surface area (Å²) in [6, 6.07) is 11.1. The fourth-order valence-corrected chi connectivity index (χ4v) is 3.29. The van der Waals surface area contributed by atoms with Crippen LogP contribution < -0.4 is 5.32 Å². The molecule has 0 aliphatic carbocycles. The van der Waals surface area contributed by atoms with Crippen LogP contribution in [0.15, 0.2) is 61.2 Å². The minimum Gasteiger partial charge on any atom is -0.345 e. The normalized spacial score (nSPS) is 11.8. The second kappa shape index (κ2) is 8.09. The Kier molecular flexibility index (Phi) is 5.18. The molecule has 30 heavy (non-hydrogen) atoms. The summed E-state index contributed by atoms with van der Waals surface area (Å²) in [7, 11) is 0. The zero-order valence-corrected chi connectivity index (χ0v) is 16.1. The van der Waals surface area contributed by atoms with E-state index in [0.29, 0.717) is 34.3 Å². The summed E-state index contributed by atoms with van der Waals surface area (Å²) in [5, 5.41) is 17.0. The van der Waals surface area contributed by atoms with E-state index in [1.165, 1.54) is 18.3 Å². The summed E-state index contributed by atoms with van der Waals surface area (Å²) >= 11 is 0. The number of nitriles is 1. The van der Waals surface area contributed by atoms with Crippen LogP contribution in [0.25, 0.3) is 16.6 Å². The number of halogens is 1. The highest BCUT2D eigenvalue weighted by Crippen LogP contribution is 2.23. The zero-order chi connectivity index (χ0) is 21.1. The van der Waals surface area contributed by atoms with E-state index >= 15 is 0 Å². The lowest BCUT2D eigenvalue weighted by molar-refractivity contribution is 0.0937. The summed E-state index contributed by atoms with van der Waals surface area (Å²) in [4.78, 5) is 21.2. The van der Waals surface area contributed by atoms with Gasteiger partial charge >= 0.3 is 0 Å². The SMILES string of the molecule is CC[C@H](NC(=O)c1cncc2c1cnn2-c1ccc(F)cc1)c1ccnc(C#N)c1. The quantitative estimate of drug-likeness (QED) is 0.551. The maximum Gasteiger partial charge on any atom is 0.254 e. The van der Waals surface area contributed by atoms with E-state index in [-0.39, 0.29) is 17.8 Å². The molecule has 0 bridgehead atoms. The monoisotopic (exact) mass is 400 g/mol. The molecule has 0 aliphatic rings. The molecular formula is C22H17FN6O. The van der Waals surface area contributed by atoms with Gasteiger partial charge in [0, 0.05) is 17.8 Å². The molecule has 0 spiro atoms. The lowest BCUT2D eigenvalue weighted by atomic mass is 10.0. The van der Waals surface area contributed by atoms with Gasteiger partial charge in [-0.1, -0.05) is 6.92 Å². The predicted octanol–water partition coefficient (Wildman–Crippen LogP) is 3.71. The minimum atomic E-state index is -0.338. The van der Waals surface area contributed by atoms with E-state index in [2.05, 4.69) is 20.4 Å². The number of nitrogens with zero attached hydrogens (tertiary/aromatic N) is 5. The molecule has 0 saturated carbocycles. The predicted molar refractivity (Wildman–Crippen MR) is 108 cm³/mol. The Morgan fingerprint density at radius 2 is 2.03 bits per heavy atom. The van der Waals surface area contributed by atoms with Crippen molar-refractivity contribution in [1.29, 1.82) is 5.26 Å². The van der Waals surface area contributed by atoms with Crippen molar-refractivity contribution in [2.75, 3.05) is 0 Å². The van der Waals surface area contributed by atoms with Crippen molar-refractivity contribution in [3.8, 4) is 11.8 Å². The maximum atomic E-state index is 13.2. The van der Waals surface area contributed by atoms with Crippen LogP contribution in [0.1, 0.15) is 41.0 Å². The number of hydrogen-bond donors (Lipinski definition) is 1. The molecular weight excluding hydrogens is 383 g/mol. The van der Waals surface area contributed by atoms with E-state index in [4.69, 9.17) is 5.26 Å². The van der Waals surface area contributed by atoms with Crippen LogP contribution in [-0.4, -0.2) is 25.7 Å². The molecule has 1 amide bonds. The number of benzene rings is 1. The van der Waals surface area contributed by atoms with Crippen LogP contribution in [0, 0.1) is 17.1 Å². The Bertz CT molecular complexity index is 1260. The topological polar surface area (TPSA) is 96.5 Å². The number of aromatic nitrogens is 4. The first-order chi connectivity index (χ1) is 14.6. The number of pyridine rings is 2. The molecule has 3 heterocycles. The van der Waals surface area contributed by atoms with Crippen LogP contribution in [0.5, 0.6) is 0 Å². The van der Waals surface area contributed by atoms with Crippen molar-refractivity contribution in [2.24, 2.45) is 0 Å². The average Bonchev–Trinajstić information content (AvgIpc) is 3.22. The molecule has 0 saturated heterocycles. The van der Waals surface area contributed by atoms with Crippen molar-refractivity contribution in [2.45, 2.75) is 19.4 Å². The molecule has 148 valence electrons. The van der Waals surface area contributed by atoms with Gasteiger partial charge in [-0.2, -0.15) is 10.4 Å². The van der Waals surface area contributed by atoms with Crippen LogP contribution in [0.2, 0.25) is 0 Å². The van der Waals surface area contributed by atoms with E-state index in [0.717, 1.165) is 5.56 Å². The summed E-state index contributed by atoms with van der Waals surface area (Å²) in [5.41, 5.74) is 2.79. The van der Waals surface area contributed by atoms with E-state index < -0.39 is 0 Å². The third kappa shape index (κ3) is 3.61. The maximum absolute atomic E-state index is 13.2. The zero-order valence-electron chi connectivity index (χ0n) is 16.1. The molecule has 1 aromatic carbocycles. The first kappa shape index (κ1) is 19.2. The van der Waals surface area contributed by atoms with Crippen molar-refractivity contribution in [3.63, 3.8) is 0 Å². The van der Waals surface area contributed by atoms with Crippen LogP contribution >= 0.6 is 0 Å². The van der Waals surface area contributed by atoms with Gasteiger partial charge in [-0.3, -0.25) is 9.78 Å². The molecule has 3 aromatic heterocycles. The molecule has 4 aromatic rings. The molecule has 1 N–H and O–H groups in total. The Morgan fingerprint density at radius 1 is 1.23 bits per heavy atom. The second-order valence-electron chi connectivity index (χ2n) is 6.67. The number of nitrogens with one attached hydrogen (secondary N) is 1. The smallest absolute Gasteiger partial charge is 0.254 e. The Hall–Kier alpha value is -4.12. The van der Waals surface area contributed by atoms with Gasteiger partial charge in [0.05, 0.1) is 35.2 Å². The summed E-state index contributed by atoms with van der Waals surface area (Å²) in [6.45, 7) is 1.95. The largest absolute Gasteiger partial charge is 0.345 e. The highest BCUT2D eigenvalue weighted by Gasteiger charge is 2.19. The fraction of sp³-hybridized carbons (Fsp3) is 0.136. The van der Waals surface area contributed by atoms with Gasteiger partial charge in [0.15, 0.2) is 0 Å². The molecule has 8 heteroatoms. The third-order valence-corrected chi connectivity index (χ3v) is 4.83. The van der Waals surface area contributed by atoms with E-state index in [1.807, 2.05) is 13.0 Å². The van der Waals surface area contributed by atoms with Gasteiger partial charge in [0.2, 0.25) is 0 Å². The van der Waals surface area contributed by atoms with Crippen molar-refractivity contribution in [1.82, 2.24) is 25.1 Å². The standard InChI is InChI=1S/C22H17FN6O/c1-2-20(14-7-8-26-16(9-14)10-24)28-22(30)19-11-25-13-21-18(19)12-27-29(21)17-5-3-15(23)4-6-17/h3-9,11-13,20H,2H2,1H3,(H,28,30)/t20-/m0/s1. The molecule has 0 aliphatic heterocycles. The van der Waals surface area contributed by atoms with Crippen molar-refractivity contribution >= 4 is 16.8 Å². The summed E-state index contributed by atoms with van der Waals surface area (Å²) < 4.78 is 14.8. The average molecular weight is 400 g/mol. The van der Waals surface area contributed by atoms with Gasteiger partial charge in [-0.15, -0.1) is 0 Å². The van der Waals surface area contributed by atoms with Gasteiger partial charge in [0.1, 0.15) is 17.6 Å². The number of rotatable bonds is 5. The molecule has 0 unspecified atom stereocenters. The molecule has 1 atom stereocenters. The summed E-state index contributed by atoms with van der Waals surface area (Å²) in [6.07, 6.45) is 6.89. The van der Waals surface area contributed by atoms with Crippen molar-refractivity contribution in [3.05, 3.63) is 83.8 Å². The van der Waals surface area contributed by atoms with Gasteiger partial charge in [-0.25, -0.2) is 14.1 Å². The number of amides is 1. The number of fused-ring (bicyclic) bond motifs is 1. The highest BCUT2D eigenvalue weighted by molar-refractivity contribution is 6.06. The van der Waals surface area contributed by atoms with Crippen molar-refractivity contribution < 1.29 is 9.18 Å². The lowest BCUT2D eigenvalue weighted by Gasteiger charge is -2.17. The Labute approximate surface area is 171 Å².